The number of furan rings is 1. The molecule has 3 heteroatoms. The smallest absolute Gasteiger partial charge is 0.169 e. The molecule has 2 N–H and O–H groups in total. The van der Waals surface area contributed by atoms with Crippen LogP contribution in [0.4, 0.5) is 0 Å². The summed E-state index contributed by atoms with van der Waals surface area (Å²) in [5.74, 6) is 0.297. The molecule has 1 heterocycles. The molecule has 1 aliphatic rings. The van der Waals surface area contributed by atoms with E-state index in [-0.39, 0.29) is 17.7 Å². The highest BCUT2D eigenvalue weighted by atomic mass is 16.3. The molecular formula is C11H15NO2. The highest BCUT2D eigenvalue weighted by Crippen LogP contribution is 2.26. The van der Waals surface area contributed by atoms with E-state index in [9.17, 15) is 4.79 Å². The molecule has 0 saturated heterocycles. The van der Waals surface area contributed by atoms with Crippen molar-refractivity contribution in [3.8, 4) is 0 Å². The van der Waals surface area contributed by atoms with Gasteiger partial charge in [0.2, 0.25) is 0 Å². The first kappa shape index (κ1) is 9.46. The van der Waals surface area contributed by atoms with Crippen LogP contribution in [0.3, 0.4) is 0 Å². The van der Waals surface area contributed by atoms with E-state index in [1.165, 1.54) is 12.5 Å². The van der Waals surface area contributed by atoms with Gasteiger partial charge in [0.15, 0.2) is 5.78 Å². The molecule has 1 aromatic heterocycles. The van der Waals surface area contributed by atoms with Crippen molar-refractivity contribution < 1.29 is 9.21 Å². The molecule has 2 rings (SSSR count). The quantitative estimate of drug-likeness (QED) is 0.730. The molecule has 14 heavy (non-hydrogen) atoms. The molecule has 0 aromatic carbocycles. The number of rotatable bonds is 2. The van der Waals surface area contributed by atoms with Crippen LogP contribution in [0.25, 0.3) is 0 Å². The Morgan fingerprint density at radius 1 is 1.50 bits per heavy atom. The van der Waals surface area contributed by atoms with Gasteiger partial charge >= 0.3 is 0 Å². The number of Topliss-reactive ketones (excluding diaryl/α,β-unsaturated/α-hetero) is 1. The largest absolute Gasteiger partial charge is 0.472 e. The maximum absolute atomic E-state index is 11.9. The third kappa shape index (κ3) is 1.87. The standard InChI is InChI=1S/C11H15NO2/c12-10-3-1-2-8(6-10)11(13)9-4-5-14-7-9/h4-5,7-8,10H,1-3,6,12H2. The Balaban J connectivity index is 2.04. The predicted molar refractivity (Wildman–Crippen MR) is 53.0 cm³/mol. The predicted octanol–water partition coefficient (Wildman–Crippen LogP) is 1.98. The summed E-state index contributed by atoms with van der Waals surface area (Å²) in [5, 5.41) is 0. The number of carbonyl (C=O) groups is 1. The SMILES string of the molecule is NC1CCCC(C(=O)c2ccoc2)C1. The zero-order valence-electron chi connectivity index (χ0n) is 8.11. The molecular weight excluding hydrogens is 178 g/mol. The van der Waals surface area contributed by atoms with Crippen LogP contribution in [0, 0.1) is 5.92 Å². The van der Waals surface area contributed by atoms with E-state index in [1.54, 1.807) is 6.07 Å². The average molecular weight is 193 g/mol. The highest BCUT2D eigenvalue weighted by molar-refractivity contribution is 5.97. The lowest BCUT2D eigenvalue weighted by Crippen LogP contribution is -2.31. The molecule has 2 atom stereocenters. The van der Waals surface area contributed by atoms with Crippen LogP contribution in [0.1, 0.15) is 36.0 Å². The molecule has 1 fully saturated rings. The summed E-state index contributed by atoms with van der Waals surface area (Å²) in [6, 6.07) is 1.92. The van der Waals surface area contributed by atoms with Crippen molar-refractivity contribution in [2.24, 2.45) is 11.7 Å². The average Bonchev–Trinajstić information content (AvgIpc) is 2.69. The van der Waals surface area contributed by atoms with Crippen LogP contribution in [0.5, 0.6) is 0 Å². The molecule has 1 aliphatic carbocycles. The van der Waals surface area contributed by atoms with Gasteiger partial charge in [-0.2, -0.15) is 0 Å². The van der Waals surface area contributed by atoms with Gasteiger partial charge in [-0.15, -0.1) is 0 Å². The fourth-order valence-electron chi connectivity index (χ4n) is 2.11. The van der Waals surface area contributed by atoms with Crippen molar-refractivity contribution in [3.05, 3.63) is 24.2 Å². The van der Waals surface area contributed by atoms with E-state index in [0.717, 1.165) is 25.7 Å². The van der Waals surface area contributed by atoms with E-state index >= 15 is 0 Å². The van der Waals surface area contributed by atoms with E-state index in [1.807, 2.05) is 0 Å². The molecule has 0 radical (unpaired) electrons. The number of hydrogen-bond acceptors (Lipinski definition) is 3. The second-order valence-electron chi connectivity index (χ2n) is 4.00. The molecule has 1 aromatic rings. The van der Waals surface area contributed by atoms with Gasteiger partial charge in [-0.05, 0) is 25.3 Å². The van der Waals surface area contributed by atoms with Crippen LogP contribution >= 0.6 is 0 Å². The number of nitrogens with two attached hydrogens (primary N) is 1. The maximum atomic E-state index is 11.9. The van der Waals surface area contributed by atoms with Gasteiger partial charge in [0.05, 0.1) is 11.8 Å². The minimum absolute atomic E-state index is 0.108. The third-order valence-corrected chi connectivity index (χ3v) is 2.89. The first-order chi connectivity index (χ1) is 6.77. The van der Waals surface area contributed by atoms with Crippen molar-refractivity contribution in [2.45, 2.75) is 31.7 Å². The number of carbonyl (C=O) groups excluding carboxylic acids is 1. The van der Waals surface area contributed by atoms with Crippen LogP contribution in [0.2, 0.25) is 0 Å². The minimum Gasteiger partial charge on any atom is -0.472 e. The number of ketones is 1. The van der Waals surface area contributed by atoms with Crippen molar-refractivity contribution in [3.63, 3.8) is 0 Å². The molecule has 1 saturated carbocycles. The lowest BCUT2D eigenvalue weighted by molar-refractivity contribution is 0.0881. The van der Waals surface area contributed by atoms with E-state index in [2.05, 4.69) is 0 Å². The summed E-state index contributed by atoms with van der Waals surface area (Å²) >= 11 is 0. The Kier molecular flexibility index (Phi) is 2.68. The van der Waals surface area contributed by atoms with Crippen molar-refractivity contribution >= 4 is 5.78 Å². The van der Waals surface area contributed by atoms with Gasteiger partial charge in [-0.3, -0.25) is 4.79 Å². The Morgan fingerprint density at radius 3 is 3.00 bits per heavy atom. The Bertz CT molecular complexity index is 305. The van der Waals surface area contributed by atoms with E-state index in [4.69, 9.17) is 10.2 Å². The maximum Gasteiger partial charge on any atom is 0.169 e. The van der Waals surface area contributed by atoms with Gasteiger partial charge in [0.25, 0.3) is 0 Å². The van der Waals surface area contributed by atoms with Gasteiger partial charge in [-0.1, -0.05) is 6.42 Å². The first-order valence-electron chi connectivity index (χ1n) is 5.09. The van der Waals surface area contributed by atoms with Gasteiger partial charge in [0, 0.05) is 12.0 Å². The first-order valence-corrected chi connectivity index (χ1v) is 5.09. The third-order valence-electron chi connectivity index (χ3n) is 2.89. The second-order valence-corrected chi connectivity index (χ2v) is 4.00. The van der Waals surface area contributed by atoms with E-state index in [0.29, 0.717) is 5.56 Å². The molecule has 0 aliphatic heterocycles. The summed E-state index contributed by atoms with van der Waals surface area (Å²) < 4.78 is 4.90. The molecule has 3 nitrogen and oxygen atoms in total. The number of hydrogen-bond donors (Lipinski definition) is 1. The topological polar surface area (TPSA) is 56.2 Å². The lowest BCUT2D eigenvalue weighted by atomic mass is 9.82. The second kappa shape index (κ2) is 3.96. The summed E-state index contributed by atoms with van der Waals surface area (Å²) in [7, 11) is 0. The minimum atomic E-state index is 0.108. The van der Waals surface area contributed by atoms with Crippen molar-refractivity contribution in [2.75, 3.05) is 0 Å². The zero-order chi connectivity index (χ0) is 9.97. The summed E-state index contributed by atoms with van der Waals surface area (Å²) in [6.07, 6.45) is 6.96. The molecule has 0 spiro atoms. The van der Waals surface area contributed by atoms with Crippen LogP contribution < -0.4 is 5.73 Å². The highest BCUT2D eigenvalue weighted by Gasteiger charge is 2.26. The fraction of sp³-hybridized carbons (Fsp3) is 0.545. The van der Waals surface area contributed by atoms with Crippen LogP contribution in [-0.4, -0.2) is 11.8 Å². The van der Waals surface area contributed by atoms with Crippen molar-refractivity contribution in [1.29, 1.82) is 0 Å². The fourth-order valence-corrected chi connectivity index (χ4v) is 2.11. The van der Waals surface area contributed by atoms with E-state index < -0.39 is 0 Å². The monoisotopic (exact) mass is 193 g/mol. The van der Waals surface area contributed by atoms with Crippen LogP contribution in [-0.2, 0) is 0 Å². The Morgan fingerprint density at radius 2 is 2.36 bits per heavy atom. The summed E-state index contributed by atoms with van der Waals surface area (Å²) in [4.78, 5) is 11.9. The zero-order valence-corrected chi connectivity index (χ0v) is 8.11. The normalized spacial score (nSPS) is 27.5. The molecule has 2 unspecified atom stereocenters. The molecule has 76 valence electrons. The van der Waals surface area contributed by atoms with Gasteiger partial charge < -0.3 is 10.2 Å². The Hall–Kier alpha value is -1.09. The summed E-state index contributed by atoms with van der Waals surface area (Å²) in [6.45, 7) is 0. The lowest BCUT2D eigenvalue weighted by Gasteiger charge is -2.24. The Labute approximate surface area is 83.3 Å². The van der Waals surface area contributed by atoms with Gasteiger partial charge in [0.1, 0.15) is 6.26 Å². The van der Waals surface area contributed by atoms with Crippen LogP contribution in [0.15, 0.2) is 23.0 Å². The molecule has 0 bridgehead atoms. The summed E-state index contributed by atoms with van der Waals surface area (Å²) in [5.41, 5.74) is 6.53. The van der Waals surface area contributed by atoms with Crippen molar-refractivity contribution in [1.82, 2.24) is 0 Å². The molecule has 0 amide bonds. The van der Waals surface area contributed by atoms with Gasteiger partial charge in [-0.25, -0.2) is 0 Å².